The Labute approximate surface area is 127 Å². The summed E-state index contributed by atoms with van der Waals surface area (Å²) in [5.74, 6) is 0.0981. The van der Waals surface area contributed by atoms with Crippen LogP contribution in [0.1, 0.15) is 0 Å². The molecule has 1 aromatic heterocycles. The highest BCUT2D eigenvalue weighted by Gasteiger charge is 2.32. The Morgan fingerprint density at radius 1 is 1.48 bits per heavy atom. The standard InChI is InChI=1S/C10H17ClN6O3S/c1-15-10(8(11)6-13-15)21(19,20)17-4-2-16(3-5-17)7-9(12)14-18/h6,18H,2-5,7H2,1H3,(H2,12,14). The first-order chi connectivity index (χ1) is 9.86. The average molecular weight is 337 g/mol. The predicted octanol–water partition coefficient (Wildman–Crippen LogP) is -0.874. The first-order valence-corrected chi connectivity index (χ1v) is 8.04. The highest BCUT2D eigenvalue weighted by molar-refractivity contribution is 7.89. The molecule has 0 atom stereocenters. The Hall–Kier alpha value is -1.36. The Bertz CT molecular complexity index is 616. The number of oxime groups is 1. The summed E-state index contributed by atoms with van der Waals surface area (Å²) in [5.41, 5.74) is 5.44. The maximum absolute atomic E-state index is 12.5. The first kappa shape index (κ1) is 16.0. The average Bonchev–Trinajstić information content (AvgIpc) is 2.79. The van der Waals surface area contributed by atoms with Gasteiger partial charge in [-0.1, -0.05) is 16.8 Å². The molecule has 1 aliphatic rings. The van der Waals surface area contributed by atoms with Crippen molar-refractivity contribution in [3.8, 4) is 0 Å². The van der Waals surface area contributed by atoms with E-state index in [2.05, 4.69) is 10.3 Å². The van der Waals surface area contributed by atoms with Crippen LogP contribution in [0.15, 0.2) is 16.4 Å². The van der Waals surface area contributed by atoms with Crippen molar-refractivity contribution >= 4 is 27.5 Å². The van der Waals surface area contributed by atoms with Crippen LogP contribution >= 0.6 is 11.6 Å². The lowest BCUT2D eigenvalue weighted by Gasteiger charge is -2.33. The topological polar surface area (TPSA) is 117 Å². The van der Waals surface area contributed by atoms with Crippen LogP contribution in [-0.2, 0) is 17.1 Å². The molecule has 0 amide bonds. The minimum atomic E-state index is -3.67. The fourth-order valence-electron chi connectivity index (χ4n) is 2.20. The quantitative estimate of drug-likeness (QED) is 0.319. The Morgan fingerprint density at radius 2 is 2.10 bits per heavy atom. The van der Waals surface area contributed by atoms with Crippen molar-refractivity contribution in [2.75, 3.05) is 32.7 Å². The van der Waals surface area contributed by atoms with Gasteiger partial charge in [-0.2, -0.15) is 9.40 Å². The van der Waals surface area contributed by atoms with E-state index in [4.69, 9.17) is 22.5 Å². The van der Waals surface area contributed by atoms with Crippen LogP contribution in [0.4, 0.5) is 0 Å². The zero-order chi connectivity index (χ0) is 15.6. The Morgan fingerprint density at radius 3 is 2.57 bits per heavy atom. The predicted molar refractivity (Wildman–Crippen MR) is 76.8 cm³/mol. The summed E-state index contributed by atoms with van der Waals surface area (Å²) in [4.78, 5) is 1.91. The molecule has 11 heteroatoms. The number of nitrogens with two attached hydrogens (primary N) is 1. The molecule has 1 saturated heterocycles. The summed E-state index contributed by atoms with van der Waals surface area (Å²) in [5, 5.41) is 15.4. The molecule has 3 N–H and O–H groups in total. The molecule has 1 fully saturated rings. The van der Waals surface area contributed by atoms with Gasteiger partial charge in [-0.05, 0) is 0 Å². The molecule has 2 rings (SSSR count). The molecule has 9 nitrogen and oxygen atoms in total. The molecular formula is C10H17ClN6O3S. The molecule has 118 valence electrons. The van der Waals surface area contributed by atoms with Crippen LogP contribution in [0, 0.1) is 0 Å². The third kappa shape index (κ3) is 3.28. The van der Waals surface area contributed by atoms with Crippen LogP contribution in [0.3, 0.4) is 0 Å². The van der Waals surface area contributed by atoms with Crippen LogP contribution in [0.5, 0.6) is 0 Å². The van der Waals surface area contributed by atoms with E-state index in [1.54, 1.807) is 0 Å². The van der Waals surface area contributed by atoms with Crippen molar-refractivity contribution in [2.45, 2.75) is 5.03 Å². The van der Waals surface area contributed by atoms with Crippen molar-refractivity contribution < 1.29 is 13.6 Å². The van der Waals surface area contributed by atoms with E-state index >= 15 is 0 Å². The number of aryl methyl sites for hydroxylation is 1. The number of piperazine rings is 1. The lowest BCUT2D eigenvalue weighted by atomic mass is 10.3. The van der Waals surface area contributed by atoms with Gasteiger partial charge in [0.15, 0.2) is 10.9 Å². The van der Waals surface area contributed by atoms with Gasteiger partial charge < -0.3 is 10.9 Å². The second kappa shape index (κ2) is 6.18. The van der Waals surface area contributed by atoms with Gasteiger partial charge in [-0.15, -0.1) is 0 Å². The second-order valence-electron chi connectivity index (χ2n) is 4.69. The van der Waals surface area contributed by atoms with Crippen LogP contribution in [0.2, 0.25) is 5.02 Å². The molecular weight excluding hydrogens is 320 g/mol. The van der Waals surface area contributed by atoms with Crippen LogP contribution in [0.25, 0.3) is 0 Å². The molecule has 0 bridgehead atoms. The van der Waals surface area contributed by atoms with Gasteiger partial charge in [0.1, 0.15) is 0 Å². The van der Waals surface area contributed by atoms with Gasteiger partial charge >= 0.3 is 0 Å². The lowest BCUT2D eigenvalue weighted by molar-refractivity contribution is 0.206. The van der Waals surface area contributed by atoms with Gasteiger partial charge in [0.2, 0.25) is 0 Å². The summed E-state index contributed by atoms with van der Waals surface area (Å²) in [7, 11) is -2.14. The molecule has 0 unspecified atom stereocenters. The molecule has 21 heavy (non-hydrogen) atoms. The summed E-state index contributed by atoms with van der Waals surface area (Å²) in [6.07, 6.45) is 1.31. The minimum absolute atomic E-state index is 0.00551. The van der Waals surface area contributed by atoms with E-state index in [9.17, 15) is 8.42 Å². The van der Waals surface area contributed by atoms with Crippen molar-refractivity contribution in [1.29, 1.82) is 0 Å². The summed E-state index contributed by atoms with van der Waals surface area (Å²) < 4.78 is 27.7. The SMILES string of the molecule is Cn1ncc(Cl)c1S(=O)(=O)N1CCN(CC(N)=NO)CC1. The number of hydrogen-bond donors (Lipinski definition) is 2. The first-order valence-electron chi connectivity index (χ1n) is 6.22. The van der Waals surface area contributed by atoms with Crippen molar-refractivity contribution in [3.05, 3.63) is 11.2 Å². The van der Waals surface area contributed by atoms with E-state index in [1.165, 1.54) is 22.2 Å². The molecule has 0 radical (unpaired) electrons. The fourth-order valence-corrected chi connectivity index (χ4v) is 4.23. The minimum Gasteiger partial charge on any atom is -0.409 e. The number of halogens is 1. The summed E-state index contributed by atoms with van der Waals surface area (Å²) in [6.45, 7) is 1.90. The summed E-state index contributed by atoms with van der Waals surface area (Å²) >= 11 is 5.91. The number of amidine groups is 1. The highest BCUT2D eigenvalue weighted by Crippen LogP contribution is 2.24. The molecule has 1 aliphatic heterocycles. The van der Waals surface area contributed by atoms with E-state index in [1.807, 2.05) is 4.90 Å². The number of aromatic nitrogens is 2. The zero-order valence-electron chi connectivity index (χ0n) is 11.5. The fraction of sp³-hybridized carbons (Fsp3) is 0.600. The second-order valence-corrected chi connectivity index (χ2v) is 6.95. The largest absolute Gasteiger partial charge is 0.409 e. The molecule has 2 heterocycles. The van der Waals surface area contributed by atoms with E-state index in [0.717, 1.165) is 0 Å². The maximum atomic E-state index is 12.5. The van der Waals surface area contributed by atoms with Crippen molar-refractivity contribution in [2.24, 2.45) is 17.9 Å². The van der Waals surface area contributed by atoms with E-state index in [-0.39, 0.29) is 15.9 Å². The maximum Gasteiger partial charge on any atom is 0.261 e. The number of sulfonamides is 1. The number of hydrogen-bond acceptors (Lipinski definition) is 6. The molecule has 0 spiro atoms. The van der Waals surface area contributed by atoms with Gasteiger partial charge in [0, 0.05) is 33.2 Å². The van der Waals surface area contributed by atoms with Crippen molar-refractivity contribution in [1.82, 2.24) is 19.0 Å². The van der Waals surface area contributed by atoms with Gasteiger partial charge in [0.05, 0.1) is 17.8 Å². The monoisotopic (exact) mass is 336 g/mol. The molecule has 0 aliphatic carbocycles. The normalized spacial score (nSPS) is 19.0. The highest BCUT2D eigenvalue weighted by atomic mass is 35.5. The number of nitrogens with zero attached hydrogens (tertiary/aromatic N) is 5. The smallest absolute Gasteiger partial charge is 0.261 e. The van der Waals surface area contributed by atoms with Gasteiger partial charge in [-0.25, -0.2) is 8.42 Å². The van der Waals surface area contributed by atoms with Gasteiger partial charge in [0.25, 0.3) is 10.0 Å². The molecule has 1 aromatic rings. The van der Waals surface area contributed by atoms with Crippen LogP contribution in [-0.4, -0.2) is 71.2 Å². The Kier molecular flexibility index (Phi) is 4.71. The van der Waals surface area contributed by atoms with E-state index in [0.29, 0.717) is 32.7 Å². The third-order valence-electron chi connectivity index (χ3n) is 3.27. The Balaban J connectivity index is 2.08. The van der Waals surface area contributed by atoms with Gasteiger partial charge in [-0.3, -0.25) is 9.58 Å². The third-order valence-corrected chi connectivity index (χ3v) is 5.68. The lowest BCUT2D eigenvalue weighted by Crippen LogP contribution is -2.50. The molecule has 0 saturated carbocycles. The number of rotatable bonds is 4. The van der Waals surface area contributed by atoms with E-state index < -0.39 is 10.0 Å². The summed E-state index contributed by atoms with van der Waals surface area (Å²) in [6, 6.07) is 0. The van der Waals surface area contributed by atoms with Crippen molar-refractivity contribution in [3.63, 3.8) is 0 Å². The zero-order valence-corrected chi connectivity index (χ0v) is 13.0. The molecule has 0 aromatic carbocycles. The van der Waals surface area contributed by atoms with Crippen LogP contribution < -0.4 is 5.73 Å².